The van der Waals surface area contributed by atoms with Crippen molar-refractivity contribution in [2.45, 2.75) is 32.9 Å². The van der Waals surface area contributed by atoms with Gasteiger partial charge < -0.3 is 5.32 Å². The first-order valence-electron chi connectivity index (χ1n) is 5.21. The summed E-state index contributed by atoms with van der Waals surface area (Å²) in [7, 11) is 0. The number of rotatable bonds is 5. The fraction of sp³-hybridized carbons (Fsp3) is 0.545. The zero-order valence-electron chi connectivity index (χ0n) is 9.41. The molecule has 0 saturated carbocycles. The number of carbonyl (C=O) groups excluding carboxylic acids is 1. The molecule has 0 saturated heterocycles. The molecule has 2 N–H and O–H groups in total. The normalized spacial score (nSPS) is 14.6. The maximum atomic E-state index is 11.5. The van der Waals surface area contributed by atoms with E-state index in [0.717, 1.165) is 0 Å². The molecule has 2 unspecified atom stereocenters. The summed E-state index contributed by atoms with van der Waals surface area (Å²) in [4.78, 5) is 11.5. The third kappa shape index (κ3) is 3.64. The van der Waals surface area contributed by atoms with Crippen molar-refractivity contribution in [3.63, 3.8) is 0 Å². The zero-order chi connectivity index (χ0) is 11.3. The third-order valence-electron chi connectivity index (χ3n) is 2.29. The van der Waals surface area contributed by atoms with Gasteiger partial charge in [0.05, 0.1) is 6.04 Å². The van der Waals surface area contributed by atoms with Crippen LogP contribution in [-0.4, -0.2) is 18.5 Å². The van der Waals surface area contributed by atoms with Crippen LogP contribution in [0.4, 0.5) is 0 Å². The molecule has 0 aliphatic heterocycles. The second-order valence-corrected chi connectivity index (χ2v) is 4.34. The second kappa shape index (κ2) is 5.88. The van der Waals surface area contributed by atoms with Crippen molar-refractivity contribution in [3.05, 3.63) is 22.4 Å². The lowest BCUT2D eigenvalue weighted by Gasteiger charge is -2.18. The molecule has 0 spiro atoms. The molecule has 1 aromatic heterocycles. The van der Waals surface area contributed by atoms with Gasteiger partial charge in [-0.3, -0.25) is 10.1 Å². The molecule has 0 aromatic carbocycles. The summed E-state index contributed by atoms with van der Waals surface area (Å²) >= 11 is 1.67. The lowest BCUT2D eigenvalue weighted by atomic mass is 10.1. The molecule has 2 atom stereocenters. The van der Waals surface area contributed by atoms with E-state index in [1.54, 1.807) is 11.3 Å². The van der Waals surface area contributed by atoms with Gasteiger partial charge in [0.15, 0.2) is 0 Å². The van der Waals surface area contributed by atoms with Crippen molar-refractivity contribution in [1.29, 1.82) is 0 Å². The van der Waals surface area contributed by atoms with Gasteiger partial charge in [-0.2, -0.15) is 11.3 Å². The highest BCUT2D eigenvalue weighted by Gasteiger charge is 2.15. The molecule has 1 heterocycles. The summed E-state index contributed by atoms with van der Waals surface area (Å²) in [6.45, 7) is 6.55. The summed E-state index contributed by atoms with van der Waals surface area (Å²) < 4.78 is 0. The van der Waals surface area contributed by atoms with E-state index in [1.807, 2.05) is 19.2 Å². The number of likely N-dealkylation sites (N-methyl/N-ethyl adjacent to an activating group) is 1. The lowest BCUT2D eigenvalue weighted by molar-refractivity contribution is -0.122. The minimum atomic E-state index is -0.153. The molecule has 1 aromatic rings. The third-order valence-corrected chi connectivity index (χ3v) is 2.99. The van der Waals surface area contributed by atoms with Crippen LogP contribution in [0.5, 0.6) is 0 Å². The van der Waals surface area contributed by atoms with Crippen molar-refractivity contribution in [1.82, 2.24) is 10.6 Å². The Balaban J connectivity index is 2.44. The van der Waals surface area contributed by atoms with Crippen LogP contribution in [0.25, 0.3) is 0 Å². The first-order chi connectivity index (χ1) is 7.15. The summed E-state index contributed by atoms with van der Waals surface area (Å²) in [6.07, 6.45) is 0. The molecule has 84 valence electrons. The molecule has 0 aliphatic carbocycles. The van der Waals surface area contributed by atoms with Crippen LogP contribution in [0.2, 0.25) is 0 Å². The van der Waals surface area contributed by atoms with Crippen molar-refractivity contribution in [2.75, 3.05) is 6.54 Å². The van der Waals surface area contributed by atoms with Crippen LogP contribution in [0.15, 0.2) is 16.8 Å². The maximum Gasteiger partial charge on any atom is 0.236 e. The van der Waals surface area contributed by atoms with Gasteiger partial charge in [-0.05, 0) is 43.2 Å². The molecule has 1 rings (SSSR count). The highest BCUT2D eigenvalue weighted by atomic mass is 32.1. The monoisotopic (exact) mass is 226 g/mol. The standard InChI is InChI=1S/C11H18N2OS/c1-4-12-11(14)9(3)13-8(2)10-5-6-15-7-10/h5-9,13H,4H2,1-3H3,(H,12,14). The van der Waals surface area contributed by atoms with Gasteiger partial charge >= 0.3 is 0 Å². The molecule has 0 aliphatic rings. The molecule has 4 heteroatoms. The fourth-order valence-electron chi connectivity index (χ4n) is 1.40. The van der Waals surface area contributed by atoms with Crippen LogP contribution in [-0.2, 0) is 4.79 Å². The van der Waals surface area contributed by atoms with Crippen molar-refractivity contribution >= 4 is 17.2 Å². The number of thiophene rings is 1. The van der Waals surface area contributed by atoms with Crippen LogP contribution in [0.1, 0.15) is 32.4 Å². The van der Waals surface area contributed by atoms with Gasteiger partial charge in [0.1, 0.15) is 0 Å². The Bertz CT molecular complexity index is 298. The maximum absolute atomic E-state index is 11.5. The Labute approximate surface area is 94.9 Å². The van der Waals surface area contributed by atoms with Gasteiger partial charge in [-0.1, -0.05) is 0 Å². The van der Waals surface area contributed by atoms with Crippen molar-refractivity contribution < 1.29 is 4.79 Å². The van der Waals surface area contributed by atoms with Crippen LogP contribution >= 0.6 is 11.3 Å². The second-order valence-electron chi connectivity index (χ2n) is 3.56. The lowest BCUT2D eigenvalue weighted by Crippen LogP contribution is -2.42. The Hall–Kier alpha value is -0.870. The molecule has 15 heavy (non-hydrogen) atoms. The van der Waals surface area contributed by atoms with Crippen molar-refractivity contribution in [2.24, 2.45) is 0 Å². The summed E-state index contributed by atoms with van der Waals surface area (Å²) in [5, 5.41) is 10.2. The SMILES string of the molecule is CCNC(=O)C(C)NC(C)c1ccsc1. The smallest absolute Gasteiger partial charge is 0.236 e. The first kappa shape index (κ1) is 12.2. The van der Waals surface area contributed by atoms with Gasteiger partial charge in [-0.25, -0.2) is 0 Å². The number of amides is 1. The van der Waals surface area contributed by atoms with E-state index < -0.39 is 0 Å². The summed E-state index contributed by atoms with van der Waals surface area (Å²) in [5.41, 5.74) is 1.23. The van der Waals surface area contributed by atoms with E-state index in [-0.39, 0.29) is 18.0 Å². The number of hydrogen-bond acceptors (Lipinski definition) is 3. The minimum Gasteiger partial charge on any atom is -0.355 e. The van der Waals surface area contributed by atoms with Gasteiger partial charge in [0.2, 0.25) is 5.91 Å². The predicted octanol–water partition coefficient (Wildman–Crippen LogP) is 1.92. The first-order valence-corrected chi connectivity index (χ1v) is 6.15. The molecule has 0 radical (unpaired) electrons. The van der Waals surface area contributed by atoms with E-state index in [2.05, 4.69) is 29.0 Å². The number of carbonyl (C=O) groups is 1. The zero-order valence-corrected chi connectivity index (χ0v) is 10.2. The van der Waals surface area contributed by atoms with E-state index >= 15 is 0 Å². The molecular weight excluding hydrogens is 208 g/mol. The highest BCUT2D eigenvalue weighted by Crippen LogP contribution is 2.15. The topological polar surface area (TPSA) is 41.1 Å². The Morgan fingerprint density at radius 2 is 2.27 bits per heavy atom. The number of nitrogens with one attached hydrogen (secondary N) is 2. The molecule has 3 nitrogen and oxygen atoms in total. The van der Waals surface area contributed by atoms with E-state index in [9.17, 15) is 4.79 Å². The molecule has 1 amide bonds. The minimum absolute atomic E-state index is 0.0552. The van der Waals surface area contributed by atoms with E-state index in [4.69, 9.17) is 0 Å². The fourth-order valence-corrected chi connectivity index (χ4v) is 2.15. The Morgan fingerprint density at radius 3 is 2.80 bits per heavy atom. The quantitative estimate of drug-likeness (QED) is 0.805. The summed E-state index contributed by atoms with van der Waals surface area (Å²) in [5.74, 6) is 0.0552. The van der Waals surface area contributed by atoms with E-state index in [1.165, 1.54) is 5.56 Å². The predicted molar refractivity (Wildman–Crippen MR) is 64.0 cm³/mol. The van der Waals surface area contributed by atoms with Crippen LogP contribution in [0.3, 0.4) is 0 Å². The molecular formula is C11H18N2OS. The van der Waals surface area contributed by atoms with Gasteiger partial charge in [0, 0.05) is 12.6 Å². The van der Waals surface area contributed by atoms with Crippen molar-refractivity contribution in [3.8, 4) is 0 Å². The highest BCUT2D eigenvalue weighted by molar-refractivity contribution is 7.07. The van der Waals surface area contributed by atoms with Crippen LogP contribution in [0, 0.1) is 0 Å². The Morgan fingerprint density at radius 1 is 1.53 bits per heavy atom. The Kier molecular flexibility index (Phi) is 4.78. The average molecular weight is 226 g/mol. The van der Waals surface area contributed by atoms with Gasteiger partial charge in [0.25, 0.3) is 0 Å². The average Bonchev–Trinajstić information content (AvgIpc) is 2.70. The largest absolute Gasteiger partial charge is 0.355 e. The molecule has 0 bridgehead atoms. The van der Waals surface area contributed by atoms with Gasteiger partial charge in [-0.15, -0.1) is 0 Å². The summed E-state index contributed by atoms with van der Waals surface area (Å²) in [6, 6.07) is 2.14. The van der Waals surface area contributed by atoms with Crippen LogP contribution < -0.4 is 10.6 Å². The number of hydrogen-bond donors (Lipinski definition) is 2. The molecule has 0 fully saturated rings. The van der Waals surface area contributed by atoms with E-state index in [0.29, 0.717) is 6.54 Å².